The number of rotatable bonds is 5. The van der Waals surface area contributed by atoms with Gasteiger partial charge in [-0.2, -0.15) is 0 Å². The molecular weight excluding hydrogens is 258 g/mol. The zero-order valence-electron chi connectivity index (χ0n) is 11.7. The molecule has 1 fully saturated rings. The van der Waals surface area contributed by atoms with Crippen LogP contribution in [0.5, 0.6) is 0 Å². The van der Waals surface area contributed by atoms with Crippen LogP contribution in [0, 0.1) is 16.0 Å². The molecule has 2 unspecified atom stereocenters. The monoisotopic (exact) mass is 279 g/mol. The highest BCUT2D eigenvalue weighted by Crippen LogP contribution is 2.33. The lowest BCUT2D eigenvalue weighted by atomic mass is 10.0. The van der Waals surface area contributed by atoms with E-state index in [0.717, 1.165) is 25.8 Å². The Bertz CT molecular complexity index is 494. The summed E-state index contributed by atoms with van der Waals surface area (Å²) in [5, 5.41) is 10.8. The van der Waals surface area contributed by atoms with E-state index in [9.17, 15) is 10.1 Å². The van der Waals surface area contributed by atoms with Crippen molar-refractivity contribution in [1.29, 1.82) is 0 Å². The summed E-state index contributed by atoms with van der Waals surface area (Å²) in [7, 11) is 0. The molecule has 1 aliphatic rings. The summed E-state index contributed by atoms with van der Waals surface area (Å²) < 4.78 is 0. The van der Waals surface area contributed by atoms with Crippen molar-refractivity contribution >= 4 is 17.3 Å². The van der Waals surface area contributed by atoms with Gasteiger partial charge >= 0.3 is 5.69 Å². The van der Waals surface area contributed by atoms with Gasteiger partial charge in [-0.3, -0.25) is 10.1 Å². The van der Waals surface area contributed by atoms with Gasteiger partial charge in [0, 0.05) is 18.7 Å². The molecule has 0 aromatic carbocycles. The normalized spacial score (nSPS) is 21.9. The molecule has 0 saturated heterocycles. The number of pyridine rings is 1. The maximum atomic E-state index is 10.8. The minimum Gasteiger partial charge on any atom is -0.378 e. The van der Waals surface area contributed by atoms with Gasteiger partial charge < -0.3 is 16.4 Å². The second kappa shape index (κ2) is 6.04. The molecule has 110 valence electrons. The van der Waals surface area contributed by atoms with Crippen LogP contribution in [0.15, 0.2) is 12.1 Å². The van der Waals surface area contributed by atoms with Crippen LogP contribution in [0.1, 0.15) is 26.2 Å². The van der Waals surface area contributed by atoms with E-state index in [0.29, 0.717) is 24.3 Å². The van der Waals surface area contributed by atoms with Crippen molar-refractivity contribution in [2.24, 2.45) is 11.7 Å². The number of nitro groups is 1. The molecule has 0 radical (unpaired) electrons. The number of hydrogen-bond acceptors (Lipinski definition) is 6. The summed E-state index contributed by atoms with van der Waals surface area (Å²) in [6.45, 7) is 3.49. The summed E-state index contributed by atoms with van der Waals surface area (Å²) >= 11 is 0. The van der Waals surface area contributed by atoms with E-state index in [1.165, 1.54) is 6.07 Å². The Labute approximate surface area is 118 Å². The second-order valence-electron chi connectivity index (χ2n) is 5.11. The molecule has 20 heavy (non-hydrogen) atoms. The van der Waals surface area contributed by atoms with E-state index < -0.39 is 4.92 Å². The maximum Gasteiger partial charge on any atom is 0.311 e. The Morgan fingerprint density at radius 3 is 2.80 bits per heavy atom. The molecule has 7 nitrogen and oxygen atoms in total. The summed E-state index contributed by atoms with van der Waals surface area (Å²) in [5.41, 5.74) is 11.4. The van der Waals surface area contributed by atoms with Crippen molar-refractivity contribution in [3.63, 3.8) is 0 Å². The minimum atomic E-state index is -0.513. The van der Waals surface area contributed by atoms with Crippen LogP contribution in [-0.4, -0.2) is 29.0 Å². The number of anilines is 2. The van der Waals surface area contributed by atoms with Crippen molar-refractivity contribution in [1.82, 2.24) is 4.98 Å². The van der Waals surface area contributed by atoms with Gasteiger partial charge in [-0.25, -0.2) is 4.98 Å². The first-order valence-electron chi connectivity index (χ1n) is 6.96. The Morgan fingerprint density at radius 1 is 1.50 bits per heavy atom. The quantitative estimate of drug-likeness (QED) is 0.624. The molecule has 1 aromatic rings. The van der Waals surface area contributed by atoms with Gasteiger partial charge in [-0.15, -0.1) is 0 Å². The fourth-order valence-corrected chi connectivity index (χ4v) is 3.04. The van der Waals surface area contributed by atoms with E-state index in [4.69, 9.17) is 11.5 Å². The van der Waals surface area contributed by atoms with Crippen LogP contribution >= 0.6 is 0 Å². The van der Waals surface area contributed by atoms with Gasteiger partial charge in [0.1, 0.15) is 5.82 Å². The van der Waals surface area contributed by atoms with Crippen LogP contribution in [-0.2, 0) is 0 Å². The van der Waals surface area contributed by atoms with E-state index in [1.54, 1.807) is 6.07 Å². The van der Waals surface area contributed by atoms with E-state index >= 15 is 0 Å². The molecule has 7 heteroatoms. The van der Waals surface area contributed by atoms with Crippen molar-refractivity contribution < 1.29 is 4.92 Å². The SMILES string of the molecule is CCN(c1ccc([N+](=O)[O-])c(N)n1)C1CCCC1CN. The van der Waals surface area contributed by atoms with Crippen molar-refractivity contribution in [3.8, 4) is 0 Å². The van der Waals surface area contributed by atoms with Crippen LogP contribution < -0.4 is 16.4 Å². The molecule has 1 heterocycles. The molecule has 0 bridgehead atoms. The standard InChI is InChI=1S/C13H21N5O2/c1-2-17(10-5-3-4-9(10)8-14)12-7-6-11(18(19)20)13(15)16-12/h6-7,9-10H,2-5,8,14H2,1H3,(H2,15,16). The molecule has 1 aromatic heterocycles. The number of hydrogen-bond donors (Lipinski definition) is 2. The fourth-order valence-electron chi connectivity index (χ4n) is 3.04. The topological polar surface area (TPSA) is 111 Å². The first-order valence-corrected chi connectivity index (χ1v) is 6.96. The minimum absolute atomic E-state index is 0.0340. The van der Waals surface area contributed by atoms with Crippen molar-refractivity contribution in [2.45, 2.75) is 32.2 Å². The highest BCUT2D eigenvalue weighted by atomic mass is 16.6. The molecule has 2 atom stereocenters. The molecule has 4 N–H and O–H groups in total. The van der Waals surface area contributed by atoms with Crippen LogP contribution in [0.4, 0.5) is 17.3 Å². The predicted molar refractivity (Wildman–Crippen MR) is 78.5 cm³/mol. The first-order chi connectivity index (χ1) is 9.58. The Hall–Kier alpha value is -1.89. The average molecular weight is 279 g/mol. The highest BCUT2D eigenvalue weighted by Gasteiger charge is 2.31. The first kappa shape index (κ1) is 14.5. The zero-order chi connectivity index (χ0) is 14.7. The maximum absolute atomic E-state index is 10.8. The number of nitrogens with two attached hydrogens (primary N) is 2. The summed E-state index contributed by atoms with van der Waals surface area (Å²) in [6, 6.07) is 3.44. The van der Waals surface area contributed by atoms with Crippen LogP contribution in [0.3, 0.4) is 0 Å². The van der Waals surface area contributed by atoms with Gasteiger partial charge in [-0.05, 0) is 38.3 Å². The number of nitrogens with zero attached hydrogens (tertiary/aromatic N) is 3. The molecule has 0 aliphatic heterocycles. The van der Waals surface area contributed by atoms with Crippen molar-refractivity contribution in [3.05, 3.63) is 22.2 Å². The second-order valence-corrected chi connectivity index (χ2v) is 5.11. The Kier molecular flexibility index (Phi) is 4.39. The van der Waals surface area contributed by atoms with Crippen molar-refractivity contribution in [2.75, 3.05) is 23.7 Å². The van der Waals surface area contributed by atoms with Gasteiger partial charge in [0.25, 0.3) is 0 Å². The van der Waals surface area contributed by atoms with Gasteiger partial charge in [0.2, 0.25) is 5.82 Å². The third kappa shape index (κ3) is 2.67. The number of nitrogen functional groups attached to an aromatic ring is 1. The van der Waals surface area contributed by atoms with E-state index in [-0.39, 0.29) is 11.5 Å². The Balaban J connectivity index is 2.28. The summed E-state index contributed by atoms with van der Waals surface area (Å²) in [4.78, 5) is 16.6. The molecule has 1 saturated carbocycles. The lowest BCUT2D eigenvalue weighted by Gasteiger charge is -2.32. The summed E-state index contributed by atoms with van der Waals surface area (Å²) in [6.07, 6.45) is 3.36. The molecule has 2 rings (SSSR count). The molecule has 1 aliphatic carbocycles. The van der Waals surface area contributed by atoms with Gasteiger partial charge in [0.05, 0.1) is 4.92 Å². The lowest BCUT2D eigenvalue weighted by molar-refractivity contribution is -0.384. The highest BCUT2D eigenvalue weighted by molar-refractivity contribution is 5.58. The fraction of sp³-hybridized carbons (Fsp3) is 0.615. The van der Waals surface area contributed by atoms with Gasteiger partial charge in [-0.1, -0.05) is 6.42 Å². The predicted octanol–water partition coefficient (Wildman–Crippen LogP) is 1.53. The molecular formula is C13H21N5O2. The van der Waals surface area contributed by atoms with Crippen LogP contribution in [0.2, 0.25) is 0 Å². The average Bonchev–Trinajstić information content (AvgIpc) is 2.87. The largest absolute Gasteiger partial charge is 0.378 e. The molecule has 0 amide bonds. The summed E-state index contributed by atoms with van der Waals surface area (Å²) in [5.74, 6) is 1.11. The van der Waals surface area contributed by atoms with E-state index in [1.807, 2.05) is 6.92 Å². The van der Waals surface area contributed by atoms with E-state index in [2.05, 4.69) is 9.88 Å². The third-order valence-electron chi connectivity index (χ3n) is 4.04. The molecule has 0 spiro atoms. The number of aromatic nitrogens is 1. The third-order valence-corrected chi connectivity index (χ3v) is 4.04. The Morgan fingerprint density at radius 2 is 2.25 bits per heavy atom. The van der Waals surface area contributed by atoms with Crippen LogP contribution in [0.25, 0.3) is 0 Å². The smallest absolute Gasteiger partial charge is 0.311 e. The lowest BCUT2D eigenvalue weighted by Crippen LogP contribution is -2.41. The zero-order valence-corrected chi connectivity index (χ0v) is 11.7. The van der Waals surface area contributed by atoms with Gasteiger partial charge in [0.15, 0.2) is 0 Å².